The van der Waals surface area contributed by atoms with Gasteiger partial charge in [0.25, 0.3) is 0 Å². The van der Waals surface area contributed by atoms with Crippen LogP contribution >= 0.6 is 34.8 Å². The van der Waals surface area contributed by atoms with E-state index in [4.69, 9.17) is 34.8 Å². The molecule has 0 nitrogen and oxygen atoms in total. The molecule has 0 atom stereocenters. The van der Waals surface area contributed by atoms with Crippen LogP contribution in [-0.4, -0.2) is 11.8 Å². The van der Waals surface area contributed by atoms with Crippen LogP contribution in [0.2, 0.25) is 5.02 Å². The SMILES string of the molecule is Fc1ccc(C(CCl)(CCl)Cc2ccc(F)cc2Cl)cc1. The van der Waals surface area contributed by atoms with E-state index in [0.29, 0.717) is 11.4 Å². The van der Waals surface area contributed by atoms with Gasteiger partial charge in [-0.15, -0.1) is 23.2 Å². The summed E-state index contributed by atoms with van der Waals surface area (Å²) >= 11 is 18.3. The summed E-state index contributed by atoms with van der Waals surface area (Å²) < 4.78 is 26.2. The van der Waals surface area contributed by atoms with Gasteiger partial charge in [-0.05, 0) is 41.8 Å². The van der Waals surface area contributed by atoms with Crippen LogP contribution in [0.15, 0.2) is 42.5 Å². The maximum Gasteiger partial charge on any atom is 0.124 e. The third-order valence-electron chi connectivity index (χ3n) is 3.51. The van der Waals surface area contributed by atoms with Gasteiger partial charge in [0.2, 0.25) is 0 Å². The van der Waals surface area contributed by atoms with Gasteiger partial charge in [0.1, 0.15) is 11.6 Å². The van der Waals surface area contributed by atoms with Crippen LogP contribution < -0.4 is 0 Å². The van der Waals surface area contributed by atoms with Crippen LogP contribution in [0.1, 0.15) is 11.1 Å². The van der Waals surface area contributed by atoms with Crippen molar-refractivity contribution in [2.45, 2.75) is 11.8 Å². The van der Waals surface area contributed by atoms with E-state index in [0.717, 1.165) is 11.1 Å². The van der Waals surface area contributed by atoms with E-state index in [9.17, 15) is 8.78 Å². The summed E-state index contributed by atoms with van der Waals surface area (Å²) in [6, 6.07) is 10.3. The molecular weight excluding hydrogens is 337 g/mol. The maximum atomic E-state index is 13.1. The van der Waals surface area contributed by atoms with Gasteiger partial charge < -0.3 is 0 Å². The standard InChI is InChI=1S/C16H13Cl3F2/c17-9-16(10-18,12-2-5-13(20)6-3-12)8-11-1-4-14(21)7-15(11)19/h1-7H,8-10H2. The average Bonchev–Trinajstić information content (AvgIpc) is 2.48. The van der Waals surface area contributed by atoms with E-state index in [1.54, 1.807) is 18.2 Å². The second-order valence-corrected chi connectivity index (χ2v) is 5.91. The predicted octanol–water partition coefficient (Wildman–Crippen LogP) is 5.58. The minimum absolute atomic E-state index is 0.246. The Bertz CT molecular complexity index is 607. The first kappa shape index (κ1) is 16.5. The zero-order valence-electron chi connectivity index (χ0n) is 11.1. The summed E-state index contributed by atoms with van der Waals surface area (Å²) in [4.78, 5) is 0. The first-order chi connectivity index (χ1) is 10.0. The lowest BCUT2D eigenvalue weighted by atomic mass is 9.78. The Hall–Kier alpha value is -0.830. The molecule has 0 saturated carbocycles. The Morgan fingerprint density at radius 1 is 0.857 bits per heavy atom. The monoisotopic (exact) mass is 348 g/mol. The maximum absolute atomic E-state index is 13.1. The van der Waals surface area contributed by atoms with E-state index in [1.165, 1.54) is 24.3 Å². The molecule has 0 N–H and O–H groups in total. The van der Waals surface area contributed by atoms with Gasteiger partial charge in [-0.25, -0.2) is 8.78 Å². The van der Waals surface area contributed by atoms with Crippen molar-refractivity contribution in [1.82, 2.24) is 0 Å². The quantitative estimate of drug-likeness (QED) is 0.618. The van der Waals surface area contributed by atoms with Crippen molar-refractivity contribution in [3.63, 3.8) is 0 Å². The molecule has 0 bridgehead atoms. The summed E-state index contributed by atoms with van der Waals surface area (Å²) in [6.45, 7) is 0. The summed E-state index contributed by atoms with van der Waals surface area (Å²) in [5.74, 6) is -0.226. The van der Waals surface area contributed by atoms with Gasteiger partial charge in [-0.3, -0.25) is 0 Å². The Balaban J connectivity index is 2.40. The highest BCUT2D eigenvalue weighted by Crippen LogP contribution is 2.34. The highest BCUT2D eigenvalue weighted by atomic mass is 35.5. The Morgan fingerprint density at radius 3 is 1.95 bits per heavy atom. The van der Waals surface area contributed by atoms with Crippen molar-refractivity contribution >= 4 is 34.8 Å². The number of hydrogen-bond donors (Lipinski definition) is 0. The molecule has 0 heterocycles. The van der Waals surface area contributed by atoms with Crippen molar-refractivity contribution in [1.29, 1.82) is 0 Å². The zero-order chi connectivity index (χ0) is 15.5. The molecule has 2 rings (SSSR count). The Kier molecular flexibility index (Phi) is 5.48. The summed E-state index contributed by atoms with van der Waals surface area (Å²) in [7, 11) is 0. The fourth-order valence-electron chi connectivity index (χ4n) is 2.22. The van der Waals surface area contributed by atoms with Crippen molar-refractivity contribution in [3.8, 4) is 0 Å². The minimum Gasteiger partial charge on any atom is -0.207 e. The number of hydrogen-bond acceptors (Lipinski definition) is 0. The van der Waals surface area contributed by atoms with Crippen LogP contribution in [0.25, 0.3) is 0 Å². The van der Waals surface area contributed by atoms with Gasteiger partial charge in [0.15, 0.2) is 0 Å². The van der Waals surface area contributed by atoms with Crippen LogP contribution in [0.4, 0.5) is 8.78 Å². The number of halogens is 5. The second kappa shape index (κ2) is 6.95. The van der Waals surface area contributed by atoms with Gasteiger partial charge >= 0.3 is 0 Å². The van der Waals surface area contributed by atoms with Crippen molar-refractivity contribution in [2.24, 2.45) is 0 Å². The molecule has 2 aromatic rings. The molecule has 112 valence electrons. The third kappa shape index (κ3) is 3.68. The second-order valence-electron chi connectivity index (χ2n) is 4.97. The molecule has 0 unspecified atom stereocenters. The lowest BCUT2D eigenvalue weighted by molar-refractivity contribution is 0.532. The first-order valence-corrected chi connectivity index (χ1v) is 7.77. The van der Waals surface area contributed by atoms with Gasteiger partial charge in [0, 0.05) is 22.2 Å². The van der Waals surface area contributed by atoms with Gasteiger partial charge in [0.05, 0.1) is 0 Å². The number of alkyl halides is 2. The van der Waals surface area contributed by atoms with E-state index in [1.807, 2.05) is 0 Å². The van der Waals surface area contributed by atoms with Crippen molar-refractivity contribution < 1.29 is 8.78 Å². The van der Waals surface area contributed by atoms with E-state index >= 15 is 0 Å². The van der Waals surface area contributed by atoms with Gasteiger partial charge in [-0.1, -0.05) is 29.8 Å². The van der Waals surface area contributed by atoms with Crippen LogP contribution in [0, 0.1) is 11.6 Å². The third-order valence-corrected chi connectivity index (χ3v) is 4.89. The largest absolute Gasteiger partial charge is 0.207 e. The molecule has 5 heteroatoms. The number of benzene rings is 2. The fourth-order valence-corrected chi connectivity index (χ4v) is 3.24. The highest BCUT2D eigenvalue weighted by Gasteiger charge is 2.31. The Morgan fingerprint density at radius 2 is 1.43 bits per heavy atom. The molecule has 0 aliphatic heterocycles. The first-order valence-electron chi connectivity index (χ1n) is 6.33. The molecule has 0 aliphatic carbocycles. The van der Waals surface area contributed by atoms with E-state index in [-0.39, 0.29) is 17.6 Å². The molecule has 0 aliphatic rings. The lowest BCUT2D eigenvalue weighted by Crippen LogP contribution is -2.33. The van der Waals surface area contributed by atoms with Crippen LogP contribution in [0.5, 0.6) is 0 Å². The van der Waals surface area contributed by atoms with Crippen LogP contribution in [0.3, 0.4) is 0 Å². The molecular formula is C16H13Cl3F2. The summed E-state index contributed by atoms with van der Waals surface area (Å²) in [6.07, 6.45) is 0.449. The zero-order valence-corrected chi connectivity index (χ0v) is 13.3. The minimum atomic E-state index is -0.585. The van der Waals surface area contributed by atoms with E-state index < -0.39 is 11.2 Å². The fraction of sp³-hybridized carbons (Fsp3) is 0.250. The van der Waals surface area contributed by atoms with Crippen LogP contribution in [-0.2, 0) is 11.8 Å². The smallest absolute Gasteiger partial charge is 0.124 e. The molecule has 0 aromatic heterocycles. The summed E-state index contributed by atoms with van der Waals surface area (Å²) in [5, 5.41) is 0.330. The molecule has 2 aromatic carbocycles. The van der Waals surface area contributed by atoms with Gasteiger partial charge in [-0.2, -0.15) is 0 Å². The molecule has 0 saturated heterocycles. The van der Waals surface area contributed by atoms with Crippen molar-refractivity contribution in [2.75, 3.05) is 11.8 Å². The normalized spacial score (nSPS) is 11.7. The predicted molar refractivity (Wildman–Crippen MR) is 84.6 cm³/mol. The molecule has 0 fully saturated rings. The lowest BCUT2D eigenvalue weighted by Gasteiger charge is -2.31. The highest BCUT2D eigenvalue weighted by molar-refractivity contribution is 6.31. The molecule has 0 amide bonds. The molecule has 0 radical (unpaired) electrons. The Labute approximate surface area is 137 Å². The van der Waals surface area contributed by atoms with Crippen molar-refractivity contribution in [3.05, 3.63) is 70.2 Å². The average molecular weight is 350 g/mol. The number of rotatable bonds is 5. The molecule has 0 spiro atoms. The topological polar surface area (TPSA) is 0 Å². The summed E-state index contributed by atoms with van der Waals surface area (Å²) in [5.41, 5.74) is 0.996. The molecule has 21 heavy (non-hydrogen) atoms. The van der Waals surface area contributed by atoms with E-state index in [2.05, 4.69) is 0 Å².